The summed E-state index contributed by atoms with van der Waals surface area (Å²) in [6.45, 7) is 4.59. The Morgan fingerprint density at radius 1 is 1.33 bits per heavy atom. The molecule has 0 spiro atoms. The molecule has 21 heavy (non-hydrogen) atoms. The Kier molecular flexibility index (Phi) is 5.37. The molecule has 1 fully saturated rings. The van der Waals surface area contributed by atoms with Gasteiger partial charge in [-0.05, 0) is 38.7 Å². The first-order valence-electron chi connectivity index (χ1n) is 7.42. The van der Waals surface area contributed by atoms with E-state index in [1.165, 1.54) is 0 Å². The fraction of sp³-hybridized carbons (Fsp3) is 0.600. The van der Waals surface area contributed by atoms with Crippen molar-refractivity contribution in [1.82, 2.24) is 14.5 Å². The number of benzene rings is 1. The van der Waals surface area contributed by atoms with Crippen LogP contribution < -0.4 is 5.32 Å². The minimum Gasteiger partial charge on any atom is -0.313 e. The van der Waals surface area contributed by atoms with Gasteiger partial charge in [-0.2, -0.15) is 4.31 Å². The molecule has 1 atom stereocenters. The second kappa shape index (κ2) is 6.87. The van der Waals surface area contributed by atoms with Crippen molar-refractivity contribution in [2.75, 3.05) is 33.7 Å². The van der Waals surface area contributed by atoms with Gasteiger partial charge in [0, 0.05) is 25.7 Å². The Bertz CT molecular complexity index is 572. The second-order valence-corrected chi connectivity index (χ2v) is 7.56. The molecule has 0 bridgehead atoms. The minimum atomic E-state index is -3.40. The van der Waals surface area contributed by atoms with Gasteiger partial charge < -0.3 is 10.2 Å². The molecule has 1 heterocycles. The second-order valence-electron chi connectivity index (χ2n) is 5.66. The predicted molar refractivity (Wildman–Crippen MR) is 84.7 cm³/mol. The summed E-state index contributed by atoms with van der Waals surface area (Å²) < 4.78 is 27.3. The van der Waals surface area contributed by atoms with Gasteiger partial charge in [0.1, 0.15) is 0 Å². The number of nitrogens with one attached hydrogen (secondary N) is 1. The molecular weight excluding hydrogens is 286 g/mol. The standard InChI is InChI=1S/C15H25N3O2S/c1-4-16-11-13-7-5-6-8-15(13)21(19,20)18-10-9-14(12-18)17(2)3/h5-8,14,16H,4,9-12H2,1-3H3. The lowest BCUT2D eigenvalue weighted by Gasteiger charge is -2.21. The average molecular weight is 311 g/mol. The first-order valence-corrected chi connectivity index (χ1v) is 8.86. The molecule has 1 aromatic rings. The van der Waals surface area contributed by atoms with Gasteiger partial charge in [0.15, 0.2) is 0 Å². The highest BCUT2D eigenvalue weighted by atomic mass is 32.2. The number of likely N-dealkylation sites (N-methyl/N-ethyl adjacent to an activating group) is 1. The Labute approximate surface area is 128 Å². The highest BCUT2D eigenvalue weighted by Crippen LogP contribution is 2.25. The summed E-state index contributed by atoms with van der Waals surface area (Å²) in [4.78, 5) is 2.53. The number of hydrogen-bond acceptors (Lipinski definition) is 4. The van der Waals surface area contributed by atoms with Crippen LogP contribution in [0, 0.1) is 0 Å². The zero-order chi connectivity index (χ0) is 15.5. The van der Waals surface area contributed by atoms with E-state index in [-0.39, 0.29) is 0 Å². The lowest BCUT2D eigenvalue weighted by Crippen LogP contribution is -2.35. The van der Waals surface area contributed by atoms with Crippen LogP contribution in [0.2, 0.25) is 0 Å². The first-order chi connectivity index (χ1) is 9.96. The molecule has 0 radical (unpaired) electrons. The van der Waals surface area contributed by atoms with Crippen LogP contribution in [0.3, 0.4) is 0 Å². The van der Waals surface area contributed by atoms with Crippen molar-refractivity contribution in [3.63, 3.8) is 0 Å². The molecule has 0 amide bonds. The SMILES string of the molecule is CCNCc1ccccc1S(=O)(=O)N1CCC(N(C)C)C1. The van der Waals surface area contributed by atoms with Gasteiger partial charge >= 0.3 is 0 Å². The Balaban J connectivity index is 2.24. The maximum Gasteiger partial charge on any atom is 0.243 e. The van der Waals surface area contributed by atoms with Crippen LogP contribution in [0.1, 0.15) is 18.9 Å². The smallest absolute Gasteiger partial charge is 0.243 e. The topological polar surface area (TPSA) is 52.7 Å². The van der Waals surface area contributed by atoms with E-state index < -0.39 is 10.0 Å². The van der Waals surface area contributed by atoms with Crippen molar-refractivity contribution in [2.24, 2.45) is 0 Å². The highest BCUT2D eigenvalue weighted by molar-refractivity contribution is 7.89. The molecule has 0 aliphatic carbocycles. The molecular formula is C15H25N3O2S. The molecule has 6 heteroatoms. The van der Waals surface area contributed by atoms with E-state index in [4.69, 9.17) is 0 Å². The van der Waals surface area contributed by atoms with E-state index in [0.29, 0.717) is 30.6 Å². The summed E-state index contributed by atoms with van der Waals surface area (Å²) >= 11 is 0. The van der Waals surface area contributed by atoms with Crippen LogP contribution in [0.5, 0.6) is 0 Å². The number of rotatable bonds is 6. The molecule has 0 aromatic heterocycles. The Morgan fingerprint density at radius 2 is 2.05 bits per heavy atom. The van der Waals surface area contributed by atoms with E-state index >= 15 is 0 Å². The van der Waals surface area contributed by atoms with E-state index in [1.54, 1.807) is 16.4 Å². The molecule has 5 nitrogen and oxygen atoms in total. The molecule has 2 rings (SSSR count). The van der Waals surface area contributed by atoms with Crippen LogP contribution >= 0.6 is 0 Å². The van der Waals surface area contributed by atoms with Gasteiger partial charge in [0.05, 0.1) is 4.90 Å². The summed E-state index contributed by atoms with van der Waals surface area (Å²) in [5.41, 5.74) is 0.840. The summed E-state index contributed by atoms with van der Waals surface area (Å²) in [7, 11) is 0.600. The van der Waals surface area contributed by atoms with Gasteiger partial charge in [-0.15, -0.1) is 0 Å². The fourth-order valence-corrected chi connectivity index (χ4v) is 4.37. The van der Waals surface area contributed by atoms with Crippen molar-refractivity contribution >= 4 is 10.0 Å². The van der Waals surface area contributed by atoms with Crippen molar-refractivity contribution < 1.29 is 8.42 Å². The Morgan fingerprint density at radius 3 is 2.67 bits per heavy atom. The lowest BCUT2D eigenvalue weighted by molar-refractivity contribution is 0.302. The number of hydrogen-bond donors (Lipinski definition) is 1. The summed E-state index contributed by atoms with van der Waals surface area (Å²) in [6.07, 6.45) is 0.890. The van der Waals surface area contributed by atoms with E-state index in [0.717, 1.165) is 18.5 Å². The van der Waals surface area contributed by atoms with E-state index in [1.807, 2.05) is 33.2 Å². The summed E-state index contributed by atoms with van der Waals surface area (Å²) in [5.74, 6) is 0. The quantitative estimate of drug-likeness (QED) is 0.855. The molecule has 1 unspecified atom stereocenters. The average Bonchev–Trinajstić information content (AvgIpc) is 2.96. The first kappa shape index (κ1) is 16.4. The molecule has 1 aliphatic rings. The number of sulfonamides is 1. The fourth-order valence-electron chi connectivity index (χ4n) is 2.65. The van der Waals surface area contributed by atoms with Crippen LogP contribution in [-0.4, -0.2) is 57.4 Å². The normalized spacial score (nSPS) is 20.3. The minimum absolute atomic E-state index is 0.306. The monoisotopic (exact) mass is 311 g/mol. The van der Waals surface area contributed by atoms with E-state index in [9.17, 15) is 8.42 Å². The largest absolute Gasteiger partial charge is 0.313 e. The Hall–Kier alpha value is -0.950. The van der Waals surface area contributed by atoms with Crippen LogP contribution in [0.15, 0.2) is 29.2 Å². The van der Waals surface area contributed by atoms with Gasteiger partial charge in [0.25, 0.3) is 0 Å². The van der Waals surface area contributed by atoms with Gasteiger partial charge in [0.2, 0.25) is 10.0 Å². The zero-order valence-electron chi connectivity index (χ0n) is 13.0. The molecule has 1 saturated heterocycles. The summed E-state index contributed by atoms with van der Waals surface area (Å²) in [5, 5.41) is 3.20. The van der Waals surface area contributed by atoms with Crippen LogP contribution in [0.4, 0.5) is 0 Å². The van der Waals surface area contributed by atoms with Crippen molar-refractivity contribution in [1.29, 1.82) is 0 Å². The van der Waals surface area contributed by atoms with Crippen molar-refractivity contribution in [3.8, 4) is 0 Å². The molecule has 118 valence electrons. The third-order valence-corrected chi connectivity index (χ3v) is 5.98. The van der Waals surface area contributed by atoms with Gasteiger partial charge in [-0.3, -0.25) is 0 Å². The summed E-state index contributed by atoms with van der Waals surface area (Å²) in [6, 6.07) is 7.58. The van der Waals surface area contributed by atoms with Crippen molar-refractivity contribution in [2.45, 2.75) is 30.8 Å². The van der Waals surface area contributed by atoms with E-state index in [2.05, 4.69) is 10.2 Å². The maximum atomic E-state index is 12.9. The lowest BCUT2D eigenvalue weighted by atomic mass is 10.2. The molecule has 1 N–H and O–H groups in total. The van der Waals surface area contributed by atoms with Crippen LogP contribution in [0.25, 0.3) is 0 Å². The van der Waals surface area contributed by atoms with Crippen LogP contribution in [-0.2, 0) is 16.6 Å². The molecule has 0 saturated carbocycles. The third kappa shape index (κ3) is 3.63. The van der Waals surface area contributed by atoms with Crippen molar-refractivity contribution in [3.05, 3.63) is 29.8 Å². The maximum absolute atomic E-state index is 12.9. The van der Waals surface area contributed by atoms with Gasteiger partial charge in [-0.1, -0.05) is 25.1 Å². The number of nitrogens with zero attached hydrogens (tertiary/aromatic N) is 2. The third-order valence-electron chi connectivity index (χ3n) is 4.01. The molecule has 1 aliphatic heterocycles. The highest BCUT2D eigenvalue weighted by Gasteiger charge is 2.34. The molecule has 1 aromatic carbocycles. The zero-order valence-corrected chi connectivity index (χ0v) is 13.9. The predicted octanol–water partition coefficient (Wildman–Crippen LogP) is 1.12. The van der Waals surface area contributed by atoms with Gasteiger partial charge in [-0.25, -0.2) is 8.42 Å².